The van der Waals surface area contributed by atoms with E-state index in [0.29, 0.717) is 41.8 Å². The van der Waals surface area contributed by atoms with Gasteiger partial charge in [0.05, 0.1) is 10.7 Å². The molecule has 1 heterocycles. The van der Waals surface area contributed by atoms with Gasteiger partial charge in [0.2, 0.25) is 0 Å². The van der Waals surface area contributed by atoms with Gasteiger partial charge in [0.1, 0.15) is 0 Å². The molecule has 1 aromatic carbocycles. The van der Waals surface area contributed by atoms with E-state index >= 15 is 0 Å². The fraction of sp³-hybridized carbons (Fsp3) is 0.529. The van der Waals surface area contributed by atoms with Crippen molar-refractivity contribution in [2.45, 2.75) is 32.7 Å². The number of nitrogens with one attached hydrogen (secondary N) is 2. The maximum absolute atomic E-state index is 12.6. The maximum Gasteiger partial charge on any atom is 0.322 e. The Hall–Kier alpha value is -1.79. The fourth-order valence-electron chi connectivity index (χ4n) is 2.99. The molecule has 0 aromatic heterocycles. The normalized spacial score (nSPS) is 16.9. The van der Waals surface area contributed by atoms with Crippen molar-refractivity contribution < 1.29 is 9.59 Å². The topological polar surface area (TPSA) is 87.5 Å². The number of amides is 3. The third-order valence-electron chi connectivity index (χ3n) is 4.08. The summed E-state index contributed by atoms with van der Waals surface area (Å²) in [7, 11) is 0. The fourth-order valence-corrected chi connectivity index (χ4v) is 3.21. The molecule has 3 amide bonds. The predicted molar refractivity (Wildman–Crippen MR) is 96.6 cm³/mol. The molecule has 0 spiro atoms. The quantitative estimate of drug-likeness (QED) is 0.734. The van der Waals surface area contributed by atoms with E-state index in [-0.39, 0.29) is 11.9 Å². The number of nitrogens with zero attached hydrogens (tertiary/aromatic N) is 1. The van der Waals surface area contributed by atoms with E-state index in [1.54, 1.807) is 18.2 Å². The summed E-state index contributed by atoms with van der Waals surface area (Å²) < 4.78 is 0. The molecule has 1 aliphatic heterocycles. The standard InChI is InChI=1S/C17H25ClN4O2/c1-11(2)9-17(3,10-19)21-15(23)12-4-5-13(18)14(8-12)22-7-6-20-16(22)24/h4-5,8,11H,6-7,9-10,19H2,1-3H3,(H,20,24)(H,21,23). The zero-order valence-corrected chi connectivity index (χ0v) is 15.1. The monoisotopic (exact) mass is 352 g/mol. The van der Waals surface area contributed by atoms with Crippen LogP contribution < -0.4 is 21.3 Å². The van der Waals surface area contributed by atoms with E-state index in [0.717, 1.165) is 6.42 Å². The first kappa shape index (κ1) is 18.5. The zero-order chi connectivity index (χ0) is 17.9. The third-order valence-corrected chi connectivity index (χ3v) is 4.40. The number of benzene rings is 1. The first-order valence-corrected chi connectivity index (χ1v) is 8.51. The van der Waals surface area contributed by atoms with Crippen LogP contribution in [0.1, 0.15) is 37.6 Å². The molecule has 1 unspecified atom stereocenters. The van der Waals surface area contributed by atoms with Crippen molar-refractivity contribution in [3.63, 3.8) is 0 Å². The smallest absolute Gasteiger partial charge is 0.322 e. The SMILES string of the molecule is CC(C)CC(C)(CN)NC(=O)c1ccc(Cl)c(N2CCNC2=O)c1. The molecular weight excluding hydrogens is 328 g/mol. The Balaban J connectivity index is 2.22. The summed E-state index contributed by atoms with van der Waals surface area (Å²) in [4.78, 5) is 26.0. The highest BCUT2D eigenvalue weighted by Crippen LogP contribution is 2.28. The molecule has 0 bridgehead atoms. The van der Waals surface area contributed by atoms with Gasteiger partial charge in [0, 0.05) is 30.7 Å². The average Bonchev–Trinajstić information content (AvgIpc) is 2.92. The van der Waals surface area contributed by atoms with E-state index < -0.39 is 5.54 Å². The van der Waals surface area contributed by atoms with E-state index in [1.807, 2.05) is 6.92 Å². The van der Waals surface area contributed by atoms with Gasteiger partial charge >= 0.3 is 6.03 Å². The molecule has 0 aliphatic carbocycles. The van der Waals surface area contributed by atoms with Crippen LogP contribution in [-0.2, 0) is 0 Å². The number of hydrogen-bond acceptors (Lipinski definition) is 3. The Morgan fingerprint density at radius 3 is 2.75 bits per heavy atom. The molecule has 1 aromatic rings. The van der Waals surface area contributed by atoms with Crippen molar-refractivity contribution in [1.82, 2.24) is 10.6 Å². The molecule has 132 valence electrons. The molecule has 4 N–H and O–H groups in total. The number of carbonyl (C=O) groups excluding carboxylic acids is 2. The van der Waals surface area contributed by atoms with Gasteiger partial charge in [0.25, 0.3) is 5.91 Å². The van der Waals surface area contributed by atoms with Gasteiger partial charge < -0.3 is 16.4 Å². The van der Waals surface area contributed by atoms with Crippen LogP contribution in [0.5, 0.6) is 0 Å². The summed E-state index contributed by atoms with van der Waals surface area (Å²) in [5, 5.41) is 6.17. The minimum atomic E-state index is -0.476. The molecule has 6 nitrogen and oxygen atoms in total. The van der Waals surface area contributed by atoms with Crippen LogP contribution in [0.3, 0.4) is 0 Å². The maximum atomic E-state index is 12.6. The molecule has 1 saturated heterocycles. The van der Waals surface area contributed by atoms with Gasteiger partial charge in [-0.3, -0.25) is 9.69 Å². The second-order valence-corrected chi connectivity index (χ2v) is 7.27. The van der Waals surface area contributed by atoms with Crippen LogP contribution in [0.15, 0.2) is 18.2 Å². The number of carbonyl (C=O) groups is 2. The summed E-state index contributed by atoms with van der Waals surface area (Å²) in [5.74, 6) is 0.189. The van der Waals surface area contributed by atoms with Gasteiger partial charge in [-0.15, -0.1) is 0 Å². The first-order chi connectivity index (χ1) is 11.3. The van der Waals surface area contributed by atoms with Crippen molar-refractivity contribution in [1.29, 1.82) is 0 Å². The Bertz CT molecular complexity index is 635. The zero-order valence-electron chi connectivity index (χ0n) is 14.4. The van der Waals surface area contributed by atoms with Crippen LogP contribution >= 0.6 is 11.6 Å². The van der Waals surface area contributed by atoms with Gasteiger partial charge in [0.15, 0.2) is 0 Å². The summed E-state index contributed by atoms with van der Waals surface area (Å²) in [6, 6.07) is 4.73. The second kappa shape index (κ2) is 7.40. The lowest BCUT2D eigenvalue weighted by Gasteiger charge is -2.31. The lowest BCUT2D eigenvalue weighted by molar-refractivity contribution is 0.0898. The van der Waals surface area contributed by atoms with Gasteiger partial charge in [-0.25, -0.2) is 4.79 Å². The highest BCUT2D eigenvalue weighted by atomic mass is 35.5. The van der Waals surface area contributed by atoms with Crippen molar-refractivity contribution in [2.75, 3.05) is 24.5 Å². The van der Waals surface area contributed by atoms with Gasteiger partial charge in [-0.05, 0) is 37.5 Å². The Morgan fingerprint density at radius 1 is 1.50 bits per heavy atom. The first-order valence-electron chi connectivity index (χ1n) is 8.13. The highest BCUT2D eigenvalue weighted by Gasteiger charge is 2.28. The Morgan fingerprint density at radius 2 is 2.21 bits per heavy atom. The van der Waals surface area contributed by atoms with Crippen molar-refractivity contribution in [3.05, 3.63) is 28.8 Å². The third kappa shape index (κ3) is 4.19. The van der Waals surface area contributed by atoms with Crippen molar-refractivity contribution >= 4 is 29.2 Å². The van der Waals surface area contributed by atoms with Gasteiger partial charge in [-0.2, -0.15) is 0 Å². The minimum absolute atomic E-state index is 0.207. The molecule has 0 saturated carbocycles. The molecule has 1 aliphatic rings. The van der Waals surface area contributed by atoms with Crippen LogP contribution in [0.2, 0.25) is 5.02 Å². The minimum Gasteiger partial charge on any atom is -0.346 e. The Kier molecular flexibility index (Phi) is 5.72. The molecule has 0 radical (unpaired) electrons. The van der Waals surface area contributed by atoms with E-state index in [2.05, 4.69) is 24.5 Å². The number of anilines is 1. The van der Waals surface area contributed by atoms with E-state index in [1.165, 1.54) is 4.90 Å². The van der Waals surface area contributed by atoms with Crippen molar-refractivity contribution in [3.8, 4) is 0 Å². The van der Waals surface area contributed by atoms with Crippen LogP contribution in [0, 0.1) is 5.92 Å². The molecule has 7 heteroatoms. The van der Waals surface area contributed by atoms with Crippen LogP contribution in [0.4, 0.5) is 10.5 Å². The van der Waals surface area contributed by atoms with E-state index in [4.69, 9.17) is 17.3 Å². The van der Waals surface area contributed by atoms with Gasteiger partial charge in [-0.1, -0.05) is 25.4 Å². The number of halogens is 1. The molecule has 2 rings (SSSR count). The summed E-state index contributed by atoms with van der Waals surface area (Å²) in [5.41, 5.74) is 6.38. The summed E-state index contributed by atoms with van der Waals surface area (Å²) in [6.45, 7) is 7.56. The van der Waals surface area contributed by atoms with Crippen molar-refractivity contribution in [2.24, 2.45) is 11.7 Å². The molecular formula is C17H25ClN4O2. The summed E-state index contributed by atoms with van der Waals surface area (Å²) >= 11 is 6.20. The molecule has 1 fully saturated rings. The number of nitrogens with two attached hydrogens (primary N) is 1. The average molecular weight is 353 g/mol. The lowest BCUT2D eigenvalue weighted by atomic mass is 9.90. The molecule has 1 atom stereocenters. The summed E-state index contributed by atoms with van der Waals surface area (Å²) in [6.07, 6.45) is 0.782. The Labute approximate surface area is 147 Å². The second-order valence-electron chi connectivity index (χ2n) is 6.87. The lowest BCUT2D eigenvalue weighted by Crippen LogP contribution is -2.52. The van der Waals surface area contributed by atoms with Crippen LogP contribution in [-0.4, -0.2) is 37.1 Å². The van der Waals surface area contributed by atoms with E-state index in [9.17, 15) is 9.59 Å². The number of hydrogen-bond donors (Lipinski definition) is 3. The highest BCUT2D eigenvalue weighted by molar-refractivity contribution is 6.34. The van der Waals surface area contributed by atoms with Crippen LogP contribution in [0.25, 0.3) is 0 Å². The molecule has 24 heavy (non-hydrogen) atoms. The predicted octanol–water partition coefficient (Wildman–Crippen LogP) is 2.36. The number of urea groups is 1. The largest absolute Gasteiger partial charge is 0.346 e. The number of rotatable bonds is 6.